The fourth-order valence-corrected chi connectivity index (χ4v) is 13.0. The molecule has 1 heterocycles. The Morgan fingerprint density at radius 2 is 1.00 bits per heavy atom. The molecule has 390 valence electrons. The van der Waals surface area contributed by atoms with Crippen molar-refractivity contribution < 1.29 is 52.8 Å². The number of carbonyl (C=O) groups is 5. The first-order valence-electron chi connectivity index (χ1n) is 27.4. The minimum Gasteiger partial charge on any atom is -0.463 e. The molecule has 0 aromatic rings. The third kappa shape index (κ3) is 12.7. The van der Waals surface area contributed by atoms with Gasteiger partial charge < -0.3 is 28.8 Å². The molecular formula is C57H96O11. The summed E-state index contributed by atoms with van der Waals surface area (Å²) in [5, 5.41) is 10.6. The number of esters is 5. The first-order valence-corrected chi connectivity index (χ1v) is 27.4. The maximum absolute atomic E-state index is 12.6. The van der Waals surface area contributed by atoms with Crippen LogP contribution in [0, 0.1) is 57.2 Å². The normalized spacial score (nSPS) is 34.0. The molecule has 0 spiro atoms. The van der Waals surface area contributed by atoms with Crippen LogP contribution in [0.5, 0.6) is 0 Å². The second-order valence-electron chi connectivity index (χ2n) is 25.7. The van der Waals surface area contributed by atoms with Crippen LogP contribution in [-0.4, -0.2) is 70.1 Å². The third-order valence-corrected chi connectivity index (χ3v) is 19.0. The number of carbonyl (C=O) groups excluding carboxylic acids is 5. The smallest absolute Gasteiger partial charge is 0.347 e. The van der Waals surface area contributed by atoms with E-state index in [1.165, 1.54) is 51.4 Å². The van der Waals surface area contributed by atoms with Crippen molar-refractivity contribution in [1.29, 1.82) is 0 Å². The molecule has 11 heteroatoms. The Bertz CT molecular complexity index is 1720. The van der Waals surface area contributed by atoms with Crippen molar-refractivity contribution in [2.75, 3.05) is 6.61 Å². The van der Waals surface area contributed by atoms with Gasteiger partial charge in [-0.15, -0.1) is 0 Å². The maximum atomic E-state index is 12.6. The molecule has 68 heavy (non-hydrogen) atoms. The molecule has 10 rings (SSSR count). The van der Waals surface area contributed by atoms with Gasteiger partial charge in [0.25, 0.3) is 0 Å². The molecule has 10 aliphatic rings. The molecule has 11 nitrogen and oxygen atoms in total. The van der Waals surface area contributed by atoms with Crippen LogP contribution >= 0.6 is 0 Å². The third-order valence-electron chi connectivity index (χ3n) is 19.0. The van der Waals surface area contributed by atoms with Crippen molar-refractivity contribution in [2.45, 2.75) is 267 Å². The lowest BCUT2D eigenvalue weighted by Crippen LogP contribution is -2.61. The lowest BCUT2D eigenvalue weighted by atomic mass is 9.49. The monoisotopic (exact) mass is 957 g/mol. The largest absolute Gasteiger partial charge is 0.463 e. The molecule has 1 aliphatic heterocycles. The molecule has 3 atom stereocenters. The molecule has 9 aliphatic carbocycles. The summed E-state index contributed by atoms with van der Waals surface area (Å²) in [6, 6.07) is 0. The Balaban J connectivity index is 0.000000172. The van der Waals surface area contributed by atoms with E-state index < -0.39 is 28.5 Å². The Labute approximate surface area is 411 Å². The highest BCUT2D eigenvalue weighted by Crippen LogP contribution is 2.61. The van der Waals surface area contributed by atoms with Gasteiger partial charge in [0.05, 0.1) is 33.9 Å². The average molecular weight is 957 g/mol. The van der Waals surface area contributed by atoms with Crippen LogP contribution in [0.4, 0.5) is 0 Å². The van der Waals surface area contributed by atoms with Gasteiger partial charge >= 0.3 is 29.8 Å². The van der Waals surface area contributed by atoms with E-state index in [1.807, 2.05) is 62.3 Å². The van der Waals surface area contributed by atoms with Gasteiger partial charge in [-0.25, -0.2) is 4.79 Å². The number of ether oxygens (including phenoxy) is 5. The number of hydrogen-bond donors (Lipinski definition) is 1. The van der Waals surface area contributed by atoms with Crippen molar-refractivity contribution in [2.24, 2.45) is 57.2 Å². The van der Waals surface area contributed by atoms with Gasteiger partial charge in [0.1, 0.15) is 16.8 Å². The zero-order valence-corrected chi connectivity index (χ0v) is 45.3. The van der Waals surface area contributed by atoms with Gasteiger partial charge in [-0.2, -0.15) is 0 Å². The van der Waals surface area contributed by atoms with Gasteiger partial charge in [-0.3, -0.25) is 19.2 Å². The number of hydrogen-bond acceptors (Lipinski definition) is 11. The predicted octanol–water partition coefficient (Wildman–Crippen LogP) is 12.6. The zero-order chi connectivity index (χ0) is 50.7. The lowest BCUT2D eigenvalue weighted by Gasteiger charge is -2.60. The molecular weight excluding hydrogens is 861 g/mol. The highest BCUT2D eigenvalue weighted by atomic mass is 16.6. The SMILES string of the molecule is CCC(C)(C)C(=O)OC1(CC)C2CC3CC(C2)CC1C3.CCC(C)(C)C(=O)OC12CC3CC(CC(O)(C3)C1)C2.CCC(C)(C)C(=O)OC1CCOC1=O.CCC1(OC(=O)C(C)(C)CC)CCCC1. The average Bonchev–Trinajstić information content (AvgIpc) is 3.92. The summed E-state index contributed by atoms with van der Waals surface area (Å²) in [5.41, 5.74) is -2.78. The Morgan fingerprint density at radius 3 is 1.40 bits per heavy atom. The van der Waals surface area contributed by atoms with Gasteiger partial charge in [0.15, 0.2) is 0 Å². The molecule has 0 amide bonds. The van der Waals surface area contributed by atoms with Gasteiger partial charge in [-0.05, 0) is 219 Å². The summed E-state index contributed by atoms with van der Waals surface area (Å²) in [5.74, 6) is 3.43. The van der Waals surface area contributed by atoms with Crippen LogP contribution in [0.2, 0.25) is 0 Å². The second-order valence-corrected chi connectivity index (χ2v) is 25.7. The Morgan fingerprint density at radius 1 is 0.574 bits per heavy atom. The minimum absolute atomic E-state index is 0.0197. The minimum atomic E-state index is -0.687. The number of cyclic esters (lactones) is 1. The topological polar surface area (TPSA) is 152 Å². The molecule has 8 bridgehead atoms. The summed E-state index contributed by atoms with van der Waals surface area (Å²) >= 11 is 0. The molecule has 1 N–H and O–H groups in total. The van der Waals surface area contributed by atoms with Crippen molar-refractivity contribution in [3.8, 4) is 0 Å². The number of rotatable bonds is 14. The number of aliphatic hydroxyl groups is 1. The van der Waals surface area contributed by atoms with Crippen LogP contribution in [0.15, 0.2) is 0 Å². The predicted molar refractivity (Wildman–Crippen MR) is 264 cm³/mol. The van der Waals surface area contributed by atoms with Crippen LogP contribution in [0.1, 0.15) is 238 Å². The molecule has 0 aromatic heterocycles. The molecule has 0 aromatic carbocycles. The van der Waals surface area contributed by atoms with Crippen LogP contribution < -0.4 is 0 Å². The van der Waals surface area contributed by atoms with Crippen LogP contribution in [0.3, 0.4) is 0 Å². The van der Waals surface area contributed by atoms with Gasteiger partial charge in [-0.1, -0.05) is 41.5 Å². The Hall–Kier alpha value is -2.69. The van der Waals surface area contributed by atoms with E-state index in [-0.39, 0.29) is 51.5 Å². The van der Waals surface area contributed by atoms with E-state index >= 15 is 0 Å². The summed E-state index contributed by atoms with van der Waals surface area (Å²) in [6.45, 7) is 28.2. The zero-order valence-electron chi connectivity index (χ0n) is 45.3. The summed E-state index contributed by atoms with van der Waals surface area (Å²) in [4.78, 5) is 59.6. The molecule has 0 radical (unpaired) electrons. The van der Waals surface area contributed by atoms with E-state index in [9.17, 15) is 29.1 Å². The summed E-state index contributed by atoms with van der Waals surface area (Å²) < 4.78 is 27.8. The van der Waals surface area contributed by atoms with Crippen LogP contribution in [0.25, 0.3) is 0 Å². The molecule has 3 unspecified atom stereocenters. The summed E-state index contributed by atoms with van der Waals surface area (Å²) in [7, 11) is 0. The van der Waals surface area contributed by atoms with Crippen molar-refractivity contribution in [3.05, 3.63) is 0 Å². The molecule has 1 saturated heterocycles. The van der Waals surface area contributed by atoms with E-state index in [0.717, 1.165) is 82.5 Å². The first kappa shape index (κ1) is 56.2. The van der Waals surface area contributed by atoms with Gasteiger partial charge in [0, 0.05) is 12.8 Å². The summed E-state index contributed by atoms with van der Waals surface area (Å²) in [6.07, 6.45) is 21.8. The molecule has 10 fully saturated rings. The van der Waals surface area contributed by atoms with Gasteiger partial charge in [0.2, 0.25) is 6.10 Å². The fourth-order valence-electron chi connectivity index (χ4n) is 13.0. The van der Waals surface area contributed by atoms with Crippen molar-refractivity contribution >= 4 is 29.8 Å². The van der Waals surface area contributed by atoms with Crippen molar-refractivity contribution in [1.82, 2.24) is 0 Å². The van der Waals surface area contributed by atoms with Crippen LogP contribution in [-0.2, 0) is 47.7 Å². The highest BCUT2D eigenvalue weighted by Gasteiger charge is 2.61. The first-order chi connectivity index (χ1) is 31.6. The quantitative estimate of drug-likeness (QED) is 0.131. The van der Waals surface area contributed by atoms with E-state index in [1.54, 1.807) is 13.8 Å². The second kappa shape index (κ2) is 21.6. The molecule has 9 saturated carbocycles. The van der Waals surface area contributed by atoms with E-state index in [0.29, 0.717) is 49.5 Å². The van der Waals surface area contributed by atoms with E-state index in [2.05, 4.69) is 20.8 Å². The van der Waals surface area contributed by atoms with E-state index in [4.69, 9.17) is 23.7 Å². The Kier molecular flexibility index (Phi) is 17.8. The fraction of sp³-hybridized carbons (Fsp3) is 0.912. The van der Waals surface area contributed by atoms with Crippen molar-refractivity contribution in [3.63, 3.8) is 0 Å². The lowest BCUT2D eigenvalue weighted by molar-refractivity contribution is -0.225. The standard InChI is InChI=1S/C18H30O2.C16H26O3.C13H24O2.C10H16O4/c1-5-17(3,4)16(19)20-18(6-2)14-8-12-7-13(10-14)11-15(18)9-12;1-4-14(2,3)13(17)19-16-8-11-5-12(9-16)7-15(18,6-11)10-16;1-5-12(3,4)11(14)15-13(6-2)9-7-8-10-13;1-4-10(2,3)9(12)14-7-5-6-13-8(7)11/h12-15H,5-11H2,1-4H3;11-12,18H,4-10H2,1-3H3;5-10H2,1-4H3;7H,4-6H2,1-3H3. The maximum Gasteiger partial charge on any atom is 0.347 e. The highest BCUT2D eigenvalue weighted by molar-refractivity contribution is 5.83.